The number of morpholine rings is 1. The maximum atomic E-state index is 13.0. The third-order valence-electron chi connectivity index (χ3n) is 8.55. The van der Waals surface area contributed by atoms with Gasteiger partial charge in [-0.15, -0.1) is 11.8 Å². The number of nitrogens with zero attached hydrogens (tertiary/aromatic N) is 4. The third kappa shape index (κ3) is 7.55. The Labute approximate surface area is 246 Å². The summed E-state index contributed by atoms with van der Waals surface area (Å²) in [4.78, 5) is 27.0. The number of thioether (sulfide) groups is 1. The summed E-state index contributed by atoms with van der Waals surface area (Å²) in [5.74, 6) is 1.52. The fourth-order valence-corrected chi connectivity index (χ4v) is 6.92. The SMILES string of the molecule is COc1ccc2ncc(CN3CCOCC3)c(CCCC3(C(=O)NO)CCN(CCSc4ccccn4)CC3)c2c1. The van der Waals surface area contributed by atoms with Crippen LogP contribution in [0.25, 0.3) is 10.9 Å². The molecular formula is C31H41N5O4S. The number of benzene rings is 1. The molecule has 10 heteroatoms. The zero-order chi connectivity index (χ0) is 28.5. The monoisotopic (exact) mass is 579 g/mol. The lowest BCUT2D eigenvalue weighted by Crippen LogP contribution is -2.48. The maximum Gasteiger partial charge on any atom is 0.249 e. The van der Waals surface area contributed by atoms with Gasteiger partial charge in [0.1, 0.15) is 5.75 Å². The standard InChI is InChI=1S/C31H41N5O4S/c1-39-25-7-8-28-27(21-25)26(24(22-33-28)23-36-15-18-40-19-16-36)5-4-9-31(30(37)34-38)10-13-35(14-11-31)17-20-41-29-6-2-3-12-32-29/h2-3,6-8,12,21-22,38H,4-5,9-11,13-20,23H2,1H3,(H,34,37). The van der Waals surface area contributed by atoms with Crippen molar-refractivity contribution in [3.63, 3.8) is 0 Å². The van der Waals surface area contributed by atoms with Crippen molar-refractivity contribution in [2.75, 3.05) is 58.8 Å². The van der Waals surface area contributed by atoms with Crippen LogP contribution in [0.2, 0.25) is 0 Å². The third-order valence-corrected chi connectivity index (χ3v) is 9.47. The first-order valence-electron chi connectivity index (χ1n) is 14.6. The van der Waals surface area contributed by atoms with E-state index in [4.69, 9.17) is 14.5 Å². The van der Waals surface area contributed by atoms with Crippen LogP contribution in [-0.4, -0.2) is 89.7 Å². The number of hydrogen-bond donors (Lipinski definition) is 2. The Hall–Kier alpha value is -2.76. The normalized spacial score (nSPS) is 17.9. The van der Waals surface area contributed by atoms with Gasteiger partial charge in [-0.25, -0.2) is 10.5 Å². The fourth-order valence-electron chi connectivity index (χ4n) is 6.06. The molecule has 2 aliphatic heterocycles. The molecule has 41 heavy (non-hydrogen) atoms. The van der Waals surface area contributed by atoms with Crippen molar-refractivity contribution in [3.8, 4) is 5.75 Å². The highest BCUT2D eigenvalue weighted by atomic mass is 32.2. The molecule has 2 saturated heterocycles. The molecule has 0 atom stereocenters. The molecule has 1 aromatic carbocycles. The number of pyridine rings is 2. The lowest BCUT2D eigenvalue weighted by Gasteiger charge is -2.40. The van der Waals surface area contributed by atoms with E-state index in [1.807, 2.05) is 48.2 Å². The second-order valence-corrected chi connectivity index (χ2v) is 12.1. The molecule has 4 heterocycles. The fraction of sp³-hybridized carbons (Fsp3) is 0.516. The number of nitrogens with one attached hydrogen (secondary N) is 1. The van der Waals surface area contributed by atoms with Crippen molar-refractivity contribution in [1.29, 1.82) is 0 Å². The van der Waals surface area contributed by atoms with E-state index < -0.39 is 5.41 Å². The van der Waals surface area contributed by atoms with Crippen LogP contribution in [-0.2, 0) is 22.5 Å². The Morgan fingerprint density at radius 1 is 1.12 bits per heavy atom. The highest BCUT2D eigenvalue weighted by Crippen LogP contribution is 2.38. The van der Waals surface area contributed by atoms with E-state index in [1.54, 1.807) is 18.9 Å². The maximum absolute atomic E-state index is 13.0. The van der Waals surface area contributed by atoms with Gasteiger partial charge in [-0.2, -0.15) is 0 Å². The van der Waals surface area contributed by atoms with Gasteiger partial charge in [-0.3, -0.25) is 19.9 Å². The first kappa shape index (κ1) is 29.7. The first-order valence-corrected chi connectivity index (χ1v) is 15.5. The van der Waals surface area contributed by atoms with E-state index in [0.29, 0.717) is 0 Å². The molecule has 0 spiro atoms. The van der Waals surface area contributed by atoms with Crippen molar-refractivity contribution in [1.82, 2.24) is 25.2 Å². The molecule has 9 nitrogen and oxygen atoms in total. The van der Waals surface area contributed by atoms with Crippen LogP contribution in [0.15, 0.2) is 53.8 Å². The molecule has 0 aliphatic carbocycles. The van der Waals surface area contributed by atoms with Crippen molar-refractivity contribution < 1.29 is 19.5 Å². The number of carbonyl (C=O) groups excluding carboxylic acids is 1. The van der Waals surface area contributed by atoms with Crippen LogP contribution in [0.3, 0.4) is 0 Å². The molecule has 0 unspecified atom stereocenters. The Morgan fingerprint density at radius 2 is 1.95 bits per heavy atom. The number of piperidine rings is 1. The number of amides is 1. The largest absolute Gasteiger partial charge is 0.497 e. The first-order chi connectivity index (χ1) is 20.1. The number of likely N-dealkylation sites (tertiary alicyclic amines) is 1. The van der Waals surface area contributed by atoms with Crippen LogP contribution in [0.1, 0.15) is 36.8 Å². The minimum atomic E-state index is -0.565. The summed E-state index contributed by atoms with van der Waals surface area (Å²) in [6, 6.07) is 12.0. The number of methoxy groups -OCH3 is 1. The van der Waals surface area contributed by atoms with E-state index in [-0.39, 0.29) is 5.91 Å². The summed E-state index contributed by atoms with van der Waals surface area (Å²) in [5.41, 5.74) is 4.87. The lowest BCUT2D eigenvalue weighted by molar-refractivity contribution is -0.143. The molecule has 0 saturated carbocycles. The van der Waals surface area contributed by atoms with Gasteiger partial charge >= 0.3 is 0 Å². The summed E-state index contributed by atoms with van der Waals surface area (Å²) in [5, 5.41) is 11.8. The van der Waals surface area contributed by atoms with E-state index in [1.165, 1.54) is 11.1 Å². The van der Waals surface area contributed by atoms with E-state index in [9.17, 15) is 10.0 Å². The average Bonchev–Trinajstić information content (AvgIpc) is 3.03. The number of aryl methyl sites for hydroxylation is 1. The van der Waals surface area contributed by atoms with Crippen LogP contribution < -0.4 is 10.2 Å². The van der Waals surface area contributed by atoms with Gasteiger partial charge in [-0.05, 0) is 86.7 Å². The van der Waals surface area contributed by atoms with Crippen molar-refractivity contribution in [2.45, 2.75) is 43.7 Å². The molecule has 1 amide bonds. The number of carbonyl (C=O) groups is 1. The Balaban J connectivity index is 1.25. The van der Waals surface area contributed by atoms with Gasteiger partial charge in [0.05, 0.1) is 36.3 Å². The van der Waals surface area contributed by atoms with Crippen LogP contribution in [0.4, 0.5) is 0 Å². The minimum absolute atomic E-state index is 0.255. The highest BCUT2D eigenvalue weighted by Gasteiger charge is 2.40. The molecule has 0 radical (unpaired) electrons. The zero-order valence-corrected chi connectivity index (χ0v) is 24.7. The number of rotatable bonds is 12. The number of hydrogen-bond acceptors (Lipinski definition) is 9. The molecular weight excluding hydrogens is 538 g/mol. The smallest absolute Gasteiger partial charge is 0.249 e. The lowest BCUT2D eigenvalue weighted by atomic mass is 9.73. The second-order valence-electron chi connectivity index (χ2n) is 11.0. The molecule has 0 bridgehead atoms. The quantitative estimate of drug-likeness (QED) is 0.186. The molecule has 3 aromatic rings. The minimum Gasteiger partial charge on any atom is -0.497 e. The van der Waals surface area contributed by atoms with Crippen molar-refractivity contribution in [2.24, 2.45) is 5.41 Å². The predicted octanol–water partition coefficient (Wildman–Crippen LogP) is 4.17. The molecule has 5 rings (SSSR count). The Kier molecular flexibility index (Phi) is 10.5. The average molecular weight is 580 g/mol. The Bertz CT molecular complexity index is 1280. The molecule has 2 aromatic heterocycles. The topological polar surface area (TPSA) is 100 Å². The Morgan fingerprint density at radius 3 is 2.68 bits per heavy atom. The van der Waals surface area contributed by atoms with E-state index in [0.717, 1.165) is 112 Å². The van der Waals surface area contributed by atoms with Gasteiger partial charge in [0.2, 0.25) is 5.91 Å². The van der Waals surface area contributed by atoms with Gasteiger partial charge < -0.3 is 14.4 Å². The summed E-state index contributed by atoms with van der Waals surface area (Å²) in [6.45, 7) is 6.78. The van der Waals surface area contributed by atoms with Crippen LogP contribution in [0, 0.1) is 5.41 Å². The summed E-state index contributed by atoms with van der Waals surface area (Å²) < 4.78 is 11.1. The number of fused-ring (bicyclic) bond motifs is 1. The van der Waals surface area contributed by atoms with Gasteiger partial charge in [-0.1, -0.05) is 6.07 Å². The van der Waals surface area contributed by atoms with Crippen molar-refractivity contribution >= 4 is 28.6 Å². The summed E-state index contributed by atoms with van der Waals surface area (Å²) >= 11 is 1.76. The highest BCUT2D eigenvalue weighted by molar-refractivity contribution is 7.99. The van der Waals surface area contributed by atoms with Gasteiger partial charge in [0.25, 0.3) is 0 Å². The predicted molar refractivity (Wildman–Crippen MR) is 160 cm³/mol. The van der Waals surface area contributed by atoms with Crippen LogP contribution in [0.5, 0.6) is 5.75 Å². The molecule has 2 fully saturated rings. The van der Waals surface area contributed by atoms with Gasteiger partial charge in [0.15, 0.2) is 0 Å². The second kappa shape index (κ2) is 14.4. The molecule has 220 valence electrons. The summed E-state index contributed by atoms with van der Waals surface area (Å²) in [7, 11) is 1.69. The summed E-state index contributed by atoms with van der Waals surface area (Å²) in [6.07, 6.45) is 7.70. The van der Waals surface area contributed by atoms with E-state index >= 15 is 0 Å². The number of ether oxygens (including phenoxy) is 2. The van der Waals surface area contributed by atoms with Crippen LogP contribution >= 0.6 is 11.8 Å². The molecule has 2 N–H and O–H groups in total. The zero-order valence-electron chi connectivity index (χ0n) is 23.9. The van der Waals surface area contributed by atoms with E-state index in [2.05, 4.69) is 20.9 Å². The molecule has 2 aliphatic rings. The number of aromatic nitrogens is 2. The van der Waals surface area contributed by atoms with Crippen molar-refractivity contribution in [3.05, 3.63) is 59.9 Å². The van der Waals surface area contributed by atoms with Gasteiger partial charge in [0, 0.05) is 49.7 Å². The number of hydroxylamine groups is 1.